The first kappa shape index (κ1) is 17.3. The third-order valence-corrected chi connectivity index (χ3v) is 2.57. The number of hydrogen-bond acceptors (Lipinski definition) is 4. The fourth-order valence-corrected chi connectivity index (χ4v) is 1.73. The van der Waals surface area contributed by atoms with Gasteiger partial charge in [0.05, 0.1) is 18.7 Å². The van der Waals surface area contributed by atoms with Crippen LogP contribution in [0.5, 0.6) is 0 Å². The Labute approximate surface area is 117 Å². The highest BCUT2D eigenvalue weighted by Gasteiger charge is 2.35. The maximum atomic E-state index is 13.0. The zero-order valence-corrected chi connectivity index (χ0v) is 11.0. The summed E-state index contributed by atoms with van der Waals surface area (Å²) in [4.78, 5) is 14.5. The fourth-order valence-electron chi connectivity index (χ4n) is 1.73. The Hall–Kier alpha value is -1.77. The molecule has 1 aromatic rings. The molecule has 0 fully saturated rings. The van der Waals surface area contributed by atoms with Crippen molar-refractivity contribution < 1.29 is 31.5 Å². The summed E-state index contributed by atoms with van der Waals surface area (Å²) in [5.74, 6) is -0.936. The maximum absolute atomic E-state index is 13.0. The summed E-state index contributed by atoms with van der Waals surface area (Å²) >= 11 is 0. The van der Waals surface area contributed by atoms with Gasteiger partial charge in [0.2, 0.25) is 0 Å². The van der Waals surface area contributed by atoms with Crippen molar-refractivity contribution in [2.75, 3.05) is 6.61 Å². The van der Waals surface area contributed by atoms with Crippen molar-refractivity contribution in [3.63, 3.8) is 0 Å². The van der Waals surface area contributed by atoms with E-state index in [0.717, 1.165) is 0 Å². The summed E-state index contributed by atoms with van der Waals surface area (Å²) in [6.45, 7) is 0.934. The van der Waals surface area contributed by atoms with E-state index >= 15 is 0 Å². The number of carbonyl (C=O) groups is 1. The van der Waals surface area contributed by atoms with E-state index < -0.39 is 54.1 Å². The molecule has 0 saturated carbocycles. The second-order valence-electron chi connectivity index (χ2n) is 4.01. The number of nitrogens with two attached hydrogens (primary N) is 1. The minimum atomic E-state index is -4.83. The van der Waals surface area contributed by atoms with Crippen molar-refractivity contribution in [2.45, 2.75) is 32.5 Å². The summed E-state index contributed by atoms with van der Waals surface area (Å²) in [7, 11) is 0. The van der Waals surface area contributed by atoms with E-state index in [1.807, 2.05) is 0 Å². The van der Waals surface area contributed by atoms with Crippen LogP contribution in [0.2, 0.25) is 0 Å². The van der Waals surface area contributed by atoms with E-state index in [0.29, 0.717) is 6.07 Å². The number of alkyl halides is 5. The molecule has 2 N–H and O–H groups in total. The van der Waals surface area contributed by atoms with Crippen molar-refractivity contribution in [1.29, 1.82) is 0 Å². The molecule has 0 atom stereocenters. The van der Waals surface area contributed by atoms with Crippen LogP contribution in [0.1, 0.15) is 35.9 Å². The van der Waals surface area contributed by atoms with E-state index in [-0.39, 0.29) is 6.61 Å². The molecular formula is C12H13F5N2O2. The van der Waals surface area contributed by atoms with Gasteiger partial charge in [0, 0.05) is 12.1 Å². The van der Waals surface area contributed by atoms with Gasteiger partial charge >= 0.3 is 12.1 Å². The Bertz CT molecular complexity index is 517. The molecule has 0 aliphatic heterocycles. The molecule has 9 heteroatoms. The van der Waals surface area contributed by atoms with Crippen LogP contribution in [-0.2, 0) is 28.7 Å². The van der Waals surface area contributed by atoms with Crippen molar-refractivity contribution in [3.8, 4) is 0 Å². The second-order valence-corrected chi connectivity index (χ2v) is 4.01. The highest BCUT2D eigenvalue weighted by atomic mass is 19.4. The van der Waals surface area contributed by atoms with Gasteiger partial charge in [-0.15, -0.1) is 0 Å². The lowest BCUT2D eigenvalue weighted by Crippen LogP contribution is -2.18. The van der Waals surface area contributed by atoms with Crippen molar-refractivity contribution in [1.82, 2.24) is 4.98 Å². The number of pyridine rings is 1. The molecule has 0 unspecified atom stereocenters. The molecule has 1 aromatic heterocycles. The van der Waals surface area contributed by atoms with E-state index in [9.17, 15) is 26.7 Å². The highest BCUT2D eigenvalue weighted by Crippen LogP contribution is 2.33. The molecule has 118 valence electrons. The molecule has 0 aromatic carbocycles. The Kier molecular flexibility index (Phi) is 5.59. The number of aromatic nitrogens is 1. The average molecular weight is 312 g/mol. The molecule has 0 spiro atoms. The van der Waals surface area contributed by atoms with Crippen LogP contribution in [-0.4, -0.2) is 17.6 Å². The summed E-state index contributed by atoms with van der Waals surface area (Å²) in [6, 6.07) is 0.468. The van der Waals surface area contributed by atoms with Crippen LogP contribution in [0.4, 0.5) is 22.0 Å². The van der Waals surface area contributed by atoms with Gasteiger partial charge in [-0.05, 0) is 18.6 Å². The summed E-state index contributed by atoms with van der Waals surface area (Å²) in [5, 5.41) is 0. The van der Waals surface area contributed by atoms with Gasteiger partial charge in [-0.25, -0.2) is 13.8 Å². The molecule has 0 aliphatic carbocycles. The average Bonchev–Trinajstić information content (AvgIpc) is 2.36. The Morgan fingerprint density at radius 3 is 2.48 bits per heavy atom. The minimum Gasteiger partial charge on any atom is -0.466 e. The molecule has 0 radical (unpaired) electrons. The lowest BCUT2D eigenvalue weighted by Gasteiger charge is -2.16. The third-order valence-electron chi connectivity index (χ3n) is 2.57. The molecule has 0 bridgehead atoms. The molecule has 0 aliphatic rings. The zero-order chi connectivity index (χ0) is 16.2. The Morgan fingerprint density at radius 1 is 1.43 bits per heavy atom. The molecule has 1 heterocycles. The van der Waals surface area contributed by atoms with Gasteiger partial charge in [-0.3, -0.25) is 4.79 Å². The first-order valence-corrected chi connectivity index (χ1v) is 5.94. The normalized spacial score (nSPS) is 11.8. The van der Waals surface area contributed by atoms with Crippen LogP contribution < -0.4 is 5.73 Å². The first-order valence-electron chi connectivity index (χ1n) is 5.94. The standard InChI is InChI=1S/C12H13F5N2O2/c1-2-21-9(20)4-7-10(11(13)14)6(5-18)3-8(19-7)12(15,16)17/h3,11H,2,4-5,18H2,1H3. The predicted molar refractivity (Wildman–Crippen MR) is 62.4 cm³/mol. The molecular weight excluding hydrogens is 299 g/mol. The van der Waals surface area contributed by atoms with Crippen molar-refractivity contribution >= 4 is 5.97 Å². The van der Waals surface area contributed by atoms with Crippen molar-refractivity contribution in [2.24, 2.45) is 5.73 Å². The molecule has 4 nitrogen and oxygen atoms in total. The number of esters is 1. The number of nitrogens with zero attached hydrogens (tertiary/aromatic N) is 1. The fraction of sp³-hybridized carbons (Fsp3) is 0.500. The number of rotatable bonds is 5. The molecule has 21 heavy (non-hydrogen) atoms. The number of ether oxygens (including phenoxy) is 1. The SMILES string of the molecule is CCOC(=O)Cc1nc(C(F)(F)F)cc(CN)c1C(F)F. The van der Waals surface area contributed by atoms with Crippen LogP contribution in [0, 0.1) is 0 Å². The largest absolute Gasteiger partial charge is 0.466 e. The van der Waals surface area contributed by atoms with Gasteiger partial charge in [-0.2, -0.15) is 13.2 Å². The smallest absolute Gasteiger partial charge is 0.433 e. The van der Waals surface area contributed by atoms with E-state index in [2.05, 4.69) is 9.72 Å². The van der Waals surface area contributed by atoms with Crippen LogP contribution in [0.3, 0.4) is 0 Å². The van der Waals surface area contributed by atoms with E-state index in [1.165, 1.54) is 6.92 Å². The van der Waals surface area contributed by atoms with Crippen LogP contribution >= 0.6 is 0 Å². The quantitative estimate of drug-likeness (QED) is 0.670. The van der Waals surface area contributed by atoms with Gasteiger partial charge < -0.3 is 10.5 Å². The molecule has 0 amide bonds. The van der Waals surface area contributed by atoms with Gasteiger partial charge in [0.25, 0.3) is 6.43 Å². The van der Waals surface area contributed by atoms with E-state index in [1.54, 1.807) is 0 Å². The summed E-state index contributed by atoms with van der Waals surface area (Å²) in [6.07, 6.45) is -8.69. The number of halogens is 5. The van der Waals surface area contributed by atoms with Crippen LogP contribution in [0.15, 0.2) is 6.07 Å². The lowest BCUT2D eigenvalue weighted by molar-refractivity contribution is -0.144. The first-order chi connectivity index (χ1) is 9.70. The number of carbonyl (C=O) groups excluding carboxylic acids is 1. The van der Waals surface area contributed by atoms with E-state index in [4.69, 9.17) is 5.73 Å². The van der Waals surface area contributed by atoms with Crippen LogP contribution in [0.25, 0.3) is 0 Å². The van der Waals surface area contributed by atoms with Gasteiger partial charge in [0.1, 0.15) is 5.69 Å². The maximum Gasteiger partial charge on any atom is 0.433 e. The Morgan fingerprint density at radius 2 is 2.05 bits per heavy atom. The van der Waals surface area contributed by atoms with Gasteiger partial charge in [0.15, 0.2) is 0 Å². The Balaban J connectivity index is 3.38. The predicted octanol–water partition coefficient (Wildman–Crippen LogP) is 2.60. The van der Waals surface area contributed by atoms with Gasteiger partial charge in [-0.1, -0.05) is 0 Å². The third kappa shape index (κ3) is 4.35. The molecule has 0 saturated heterocycles. The second kappa shape index (κ2) is 6.79. The number of hydrogen-bond donors (Lipinski definition) is 1. The zero-order valence-electron chi connectivity index (χ0n) is 11.0. The van der Waals surface area contributed by atoms with Crippen molar-refractivity contribution in [3.05, 3.63) is 28.6 Å². The topological polar surface area (TPSA) is 65.2 Å². The summed E-state index contributed by atoms with van der Waals surface area (Å²) in [5.41, 5.74) is 2.03. The highest BCUT2D eigenvalue weighted by molar-refractivity contribution is 5.72. The lowest BCUT2D eigenvalue weighted by atomic mass is 10.0. The molecule has 1 rings (SSSR count). The summed E-state index contributed by atoms with van der Waals surface area (Å²) < 4.78 is 68.7. The minimum absolute atomic E-state index is 0.0223. The monoisotopic (exact) mass is 312 g/mol.